The van der Waals surface area contributed by atoms with Crippen LogP contribution in [-0.4, -0.2) is 23.0 Å². The number of halogens is 1. The zero-order valence-corrected chi connectivity index (χ0v) is 12.9. The fraction of sp³-hybridized carbons (Fsp3) is 0.600. The molecule has 0 aliphatic heterocycles. The van der Waals surface area contributed by atoms with Gasteiger partial charge in [-0.2, -0.15) is 0 Å². The number of nitrogens with zero attached hydrogens (tertiary/aromatic N) is 1. The van der Waals surface area contributed by atoms with Gasteiger partial charge in [0.2, 0.25) is 0 Å². The van der Waals surface area contributed by atoms with Gasteiger partial charge in [-0.05, 0) is 44.2 Å². The molecule has 1 fully saturated rings. The molecule has 0 aromatic carbocycles. The SMILES string of the molecule is CCCNc1cc(C(=O)NC2(CC)CCC2)cc(Cl)n1. The van der Waals surface area contributed by atoms with Crippen molar-refractivity contribution in [3.63, 3.8) is 0 Å². The average molecular weight is 296 g/mol. The molecule has 2 rings (SSSR count). The van der Waals surface area contributed by atoms with Gasteiger partial charge in [-0.3, -0.25) is 4.79 Å². The number of amides is 1. The number of anilines is 1. The minimum atomic E-state index is -0.0598. The molecule has 110 valence electrons. The lowest BCUT2D eigenvalue weighted by atomic mass is 9.74. The maximum Gasteiger partial charge on any atom is 0.251 e. The summed E-state index contributed by atoms with van der Waals surface area (Å²) >= 11 is 5.99. The van der Waals surface area contributed by atoms with Gasteiger partial charge in [0.1, 0.15) is 11.0 Å². The molecule has 0 radical (unpaired) electrons. The molecule has 0 atom stereocenters. The zero-order valence-electron chi connectivity index (χ0n) is 12.1. The minimum Gasteiger partial charge on any atom is -0.370 e. The Hall–Kier alpha value is -1.29. The summed E-state index contributed by atoms with van der Waals surface area (Å²) in [4.78, 5) is 16.5. The maximum absolute atomic E-state index is 12.4. The van der Waals surface area contributed by atoms with Gasteiger partial charge in [0.05, 0.1) is 0 Å². The van der Waals surface area contributed by atoms with Crippen LogP contribution in [0.15, 0.2) is 12.1 Å². The first-order chi connectivity index (χ1) is 9.58. The van der Waals surface area contributed by atoms with Crippen LogP contribution in [0.1, 0.15) is 56.3 Å². The van der Waals surface area contributed by atoms with Crippen molar-refractivity contribution in [3.05, 3.63) is 22.8 Å². The van der Waals surface area contributed by atoms with Crippen molar-refractivity contribution in [2.45, 2.75) is 51.5 Å². The second kappa shape index (κ2) is 6.44. The molecule has 0 unspecified atom stereocenters. The van der Waals surface area contributed by atoms with Crippen LogP contribution in [0.5, 0.6) is 0 Å². The third-order valence-corrected chi connectivity index (χ3v) is 4.17. The average Bonchev–Trinajstić information content (AvgIpc) is 2.39. The number of carbonyl (C=O) groups excluding carboxylic acids is 1. The Morgan fingerprint density at radius 2 is 2.15 bits per heavy atom. The topological polar surface area (TPSA) is 54.0 Å². The molecule has 1 saturated carbocycles. The van der Waals surface area contributed by atoms with E-state index in [9.17, 15) is 4.79 Å². The molecular weight excluding hydrogens is 274 g/mol. The molecule has 0 saturated heterocycles. The normalized spacial score (nSPS) is 16.4. The number of nitrogens with one attached hydrogen (secondary N) is 2. The van der Waals surface area contributed by atoms with Gasteiger partial charge in [0, 0.05) is 17.6 Å². The van der Waals surface area contributed by atoms with Crippen molar-refractivity contribution in [1.82, 2.24) is 10.3 Å². The van der Waals surface area contributed by atoms with Crippen LogP contribution in [0.4, 0.5) is 5.82 Å². The maximum atomic E-state index is 12.4. The Bertz CT molecular complexity index is 480. The first-order valence-electron chi connectivity index (χ1n) is 7.32. The lowest BCUT2D eigenvalue weighted by molar-refractivity contribution is 0.0820. The van der Waals surface area contributed by atoms with E-state index in [1.165, 1.54) is 6.42 Å². The molecule has 1 heterocycles. The van der Waals surface area contributed by atoms with Crippen molar-refractivity contribution < 1.29 is 4.79 Å². The second-order valence-corrected chi connectivity index (χ2v) is 5.82. The highest BCUT2D eigenvalue weighted by Gasteiger charge is 2.36. The number of carbonyl (C=O) groups is 1. The van der Waals surface area contributed by atoms with Gasteiger partial charge in [-0.25, -0.2) is 4.98 Å². The Balaban J connectivity index is 2.10. The third kappa shape index (κ3) is 3.42. The summed E-state index contributed by atoms with van der Waals surface area (Å²) in [6.45, 7) is 5.01. The molecule has 1 aliphatic rings. The number of rotatable bonds is 6. The predicted molar refractivity (Wildman–Crippen MR) is 82.4 cm³/mol. The van der Waals surface area contributed by atoms with Gasteiger partial charge in [0.25, 0.3) is 5.91 Å². The summed E-state index contributed by atoms with van der Waals surface area (Å²) in [5.41, 5.74) is 0.562. The van der Waals surface area contributed by atoms with E-state index in [0.29, 0.717) is 16.5 Å². The Morgan fingerprint density at radius 3 is 2.70 bits per heavy atom. The van der Waals surface area contributed by atoms with E-state index < -0.39 is 0 Å². The van der Waals surface area contributed by atoms with E-state index in [4.69, 9.17) is 11.6 Å². The predicted octanol–water partition coefficient (Wildman–Crippen LogP) is 3.62. The number of aromatic nitrogens is 1. The van der Waals surface area contributed by atoms with Crippen LogP contribution in [0, 0.1) is 0 Å². The molecule has 5 heteroatoms. The quantitative estimate of drug-likeness (QED) is 0.788. The van der Waals surface area contributed by atoms with Gasteiger partial charge < -0.3 is 10.6 Å². The van der Waals surface area contributed by atoms with E-state index in [1.54, 1.807) is 12.1 Å². The lowest BCUT2D eigenvalue weighted by Gasteiger charge is -2.42. The largest absolute Gasteiger partial charge is 0.370 e. The molecule has 1 amide bonds. The molecular formula is C15H22ClN3O. The van der Waals surface area contributed by atoms with Gasteiger partial charge in [-0.15, -0.1) is 0 Å². The van der Waals surface area contributed by atoms with Gasteiger partial charge in [-0.1, -0.05) is 25.4 Å². The van der Waals surface area contributed by atoms with Crippen LogP contribution in [0.2, 0.25) is 5.15 Å². The first kappa shape index (κ1) is 15.1. The van der Waals surface area contributed by atoms with E-state index in [0.717, 1.165) is 32.2 Å². The minimum absolute atomic E-state index is 0.0101. The third-order valence-electron chi connectivity index (χ3n) is 3.98. The van der Waals surface area contributed by atoms with Crippen LogP contribution < -0.4 is 10.6 Å². The Morgan fingerprint density at radius 1 is 1.40 bits per heavy atom. The molecule has 1 aromatic heterocycles. The van der Waals surface area contributed by atoms with Crippen molar-refractivity contribution >= 4 is 23.3 Å². The zero-order chi connectivity index (χ0) is 14.6. The number of hydrogen-bond donors (Lipinski definition) is 2. The molecule has 2 N–H and O–H groups in total. The molecule has 1 aromatic rings. The summed E-state index contributed by atoms with van der Waals surface area (Å²) in [6.07, 6.45) is 5.28. The summed E-state index contributed by atoms with van der Waals surface area (Å²) < 4.78 is 0. The summed E-state index contributed by atoms with van der Waals surface area (Å²) in [5.74, 6) is 0.596. The first-order valence-corrected chi connectivity index (χ1v) is 7.70. The monoisotopic (exact) mass is 295 g/mol. The van der Waals surface area contributed by atoms with Crippen molar-refractivity contribution in [3.8, 4) is 0 Å². The molecule has 20 heavy (non-hydrogen) atoms. The van der Waals surface area contributed by atoms with Crippen molar-refractivity contribution in [2.24, 2.45) is 0 Å². The molecule has 4 nitrogen and oxygen atoms in total. The fourth-order valence-electron chi connectivity index (χ4n) is 2.46. The Kier molecular flexibility index (Phi) is 4.86. The highest BCUT2D eigenvalue weighted by Crippen LogP contribution is 2.35. The van der Waals surface area contributed by atoms with Crippen LogP contribution in [-0.2, 0) is 0 Å². The lowest BCUT2D eigenvalue weighted by Crippen LogP contribution is -2.52. The van der Waals surface area contributed by atoms with Gasteiger partial charge >= 0.3 is 0 Å². The number of hydrogen-bond acceptors (Lipinski definition) is 3. The van der Waals surface area contributed by atoms with Crippen molar-refractivity contribution in [2.75, 3.05) is 11.9 Å². The van der Waals surface area contributed by atoms with E-state index in [-0.39, 0.29) is 11.4 Å². The molecule has 0 spiro atoms. The standard InChI is InChI=1S/C15H22ClN3O/c1-3-8-17-13-10-11(9-12(16)18-13)14(20)19-15(4-2)6-5-7-15/h9-10H,3-8H2,1-2H3,(H,17,18)(H,19,20). The molecule has 1 aliphatic carbocycles. The van der Waals surface area contributed by atoms with Crippen LogP contribution >= 0.6 is 11.6 Å². The number of pyridine rings is 1. The summed E-state index contributed by atoms with van der Waals surface area (Å²) in [7, 11) is 0. The molecule has 0 bridgehead atoms. The van der Waals surface area contributed by atoms with Crippen LogP contribution in [0.3, 0.4) is 0 Å². The van der Waals surface area contributed by atoms with Crippen molar-refractivity contribution in [1.29, 1.82) is 0 Å². The Labute approximate surface area is 125 Å². The smallest absolute Gasteiger partial charge is 0.251 e. The van der Waals surface area contributed by atoms with Crippen LogP contribution in [0.25, 0.3) is 0 Å². The summed E-state index contributed by atoms with van der Waals surface area (Å²) in [6, 6.07) is 3.38. The van der Waals surface area contributed by atoms with E-state index >= 15 is 0 Å². The van der Waals surface area contributed by atoms with E-state index in [2.05, 4.69) is 29.5 Å². The van der Waals surface area contributed by atoms with E-state index in [1.807, 2.05) is 0 Å². The summed E-state index contributed by atoms with van der Waals surface area (Å²) in [5, 5.41) is 6.66. The highest BCUT2D eigenvalue weighted by atomic mass is 35.5. The highest BCUT2D eigenvalue weighted by molar-refractivity contribution is 6.29. The fourth-order valence-corrected chi connectivity index (χ4v) is 2.66. The van der Waals surface area contributed by atoms with Gasteiger partial charge in [0.15, 0.2) is 0 Å². The second-order valence-electron chi connectivity index (χ2n) is 5.43.